The van der Waals surface area contributed by atoms with Crippen molar-refractivity contribution in [3.8, 4) is 0 Å². The van der Waals surface area contributed by atoms with Gasteiger partial charge in [-0.3, -0.25) is 0 Å². The molecule has 0 atom stereocenters. The second-order valence-electron chi connectivity index (χ2n) is 4.35. The van der Waals surface area contributed by atoms with Gasteiger partial charge < -0.3 is 10.6 Å². The van der Waals surface area contributed by atoms with E-state index in [0.717, 1.165) is 19.0 Å². The Kier molecular flexibility index (Phi) is 3.27. The minimum Gasteiger partial charge on any atom is -0.388 e. The molecule has 0 bridgehead atoms. The number of anilines is 1. The molecule has 1 fully saturated rings. The molecule has 2 heteroatoms. The maximum atomic E-state index is 3.41. The van der Waals surface area contributed by atoms with E-state index in [-0.39, 0.29) is 0 Å². The maximum Gasteiger partial charge on any atom is 0.0370 e. The summed E-state index contributed by atoms with van der Waals surface area (Å²) in [4.78, 5) is 0. The van der Waals surface area contributed by atoms with E-state index in [9.17, 15) is 0 Å². The molecular formula is C13H20N2. The summed E-state index contributed by atoms with van der Waals surface area (Å²) in [5.41, 5.74) is 4.09. The first-order valence-electron chi connectivity index (χ1n) is 5.80. The molecule has 15 heavy (non-hydrogen) atoms. The summed E-state index contributed by atoms with van der Waals surface area (Å²) < 4.78 is 0. The molecule has 1 aromatic carbocycles. The Balaban J connectivity index is 2.20. The van der Waals surface area contributed by atoms with Crippen molar-refractivity contribution in [2.45, 2.75) is 25.7 Å². The largest absolute Gasteiger partial charge is 0.388 e. The van der Waals surface area contributed by atoms with Crippen molar-refractivity contribution in [3.05, 3.63) is 29.3 Å². The van der Waals surface area contributed by atoms with Crippen LogP contribution in [0, 0.1) is 6.92 Å². The van der Waals surface area contributed by atoms with Crippen LogP contribution in [0.4, 0.5) is 5.69 Å². The first-order valence-corrected chi connectivity index (χ1v) is 5.80. The highest BCUT2D eigenvalue weighted by Crippen LogP contribution is 2.28. The molecule has 2 N–H and O–H groups in total. The quantitative estimate of drug-likeness (QED) is 0.773. The highest BCUT2D eigenvalue weighted by atomic mass is 14.9. The zero-order valence-electron chi connectivity index (χ0n) is 9.64. The van der Waals surface area contributed by atoms with Crippen LogP contribution in [0.25, 0.3) is 0 Å². The zero-order chi connectivity index (χ0) is 10.7. The number of aryl methyl sites for hydroxylation is 1. The molecule has 0 amide bonds. The third kappa shape index (κ3) is 2.32. The highest BCUT2D eigenvalue weighted by molar-refractivity contribution is 5.52. The van der Waals surface area contributed by atoms with Crippen molar-refractivity contribution < 1.29 is 0 Å². The van der Waals surface area contributed by atoms with Crippen LogP contribution in [0.15, 0.2) is 18.2 Å². The molecule has 82 valence electrons. The van der Waals surface area contributed by atoms with Gasteiger partial charge in [0, 0.05) is 12.7 Å². The van der Waals surface area contributed by atoms with Crippen molar-refractivity contribution in [2.75, 3.05) is 25.5 Å². The number of benzene rings is 1. The van der Waals surface area contributed by atoms with Gasteiger partial charge in [0.15, 0.2) is 0 Å². The van der Waals surface area contributed by atoms with E-state index in [4.69, 9.17) is 0 Å². The molecular weight excluding hydrogens is 184 g/mol. The standard InChI is InChI=1S/C13H20N2/c1-10-3-4-12(9-13(10)14-2)11-5-7-15-8-6-11/h3-4,9,11,14-15H,5-8H2,1-2H3. The first kappa shape index (κ1) is 10.5. The minimum absolute atomic E-state index is 0.749. The average Bonchev–Trinajstić information content (AvgIpc) is 2.31. The number of nitrogens with one attached hydrogen (secondary N) is 2. The van der Waals surface area contributed by atoms with Gasteiger partial charge in [-0.05, 0) is 56.0 Å². The normalized spacial score (nSPS) is 17.7. The monoisotopic (exact) mass is 204 g/mol. The molecule has 0 unspecified atom stereocenters. The van der Waals surface area contributed by atoms with Gasteiger partial charge in [0.25, 0.3) is 0 Å². The lowest BCUT2D eigenvalue weighted by atomic mass is 9.89. The SMILES string of the molecule is CNc1cc(C2CCNCC2)ccc1C. The van der Waals surface area contributed by atoms with Crippen LogP contribution >= 0.6 is 0 Å². The number of hydrogen-bond acceptors (Lipinski definition) is 2. The fourth-order valence-electron chi connectivity index (χ4n) is 2.32. The van der Waals surface area contributed by atoms with E-state index in [2.05, 4.69) is 35.8 Å². The number of hydrogen-bond donors (Lipinski definition) is 2. The van der Waals surface area contributed by atoms with Crippen LogP contribution in [-0.4, -0.2) is 20.1 Å². The van der Waals surface area contributed by atoms with Crippen LogP contribution in [0.3, 0.4) is 0 Å². The van der Waals surface area contributed by atoms with Crippen LogP contribution in [0.1, 0.15) is 29.9 Å². The van der Waals surface area contributed by atoms with E-state index in [0.29, 0.717) is 0 Å². The number of piperidine rings is 1. The summed E-state index contributed by atoms with van der Waals surface area (Å²) in [5, 5.41) is 6.67. The summed E-state index contributed by atoms with van der Waals surface area (Å²) in [6.45, 7) is 4.47. The topological polar surface area (TPSA) is 24.1 Å². The van der Waals surface area contributed by atoms with Crippen molar-refractivity contribution >= 4 is 5.69 Å². The molecule has 1 saturated heterocycles. The van der Waals surface area contributed by atoms with Gasteiger partial charge in [-0.25, -0.2) is 0 Å². The molecule has 1 aliphatic rings. The van der Waals surface area contributed by atoms with Crippen molar-refractivity contribution in [1.29, 1.82) is 0 Å². The van der Waals surface area contributed by atoms with Crippen LogP contribution in [0.2, 0.25) is 0 Å². The predicted molar refractivity (Wildman–Crippen MR) is 65.6 cm³/mol. The zero-order valence-corrected chi connectivity index (χ0v) is 9.64. The summed E-state index contributed by atoms with van der Waals surface area (Å²) in [5.74, 6) is 0.749. The van der Waals surface area contributed by atoms with Gasteiger partial charge in [-0.1, -0.05) is 12.1 Å². The van der Waals surface area contributed by atoms with Gasteiger partial charge in [0.1, 0.15) is 0 Å². The lowest BCUT2D eigenvalue weighted by Crippen LogP contribution is -2.26. The Hall–Kier alpha value is -1.02. The second-order valence-corrected chi connectivity index (χ2v) is 4.35. The van der Waals surface area contributed by atoms with Gasteiger partial charge in [0.2, 0.25) is 0 Å². The molecule has 2 nitrogen and oxygen atoms in total. The highest BCUT2D eigenvalue weighted by Gasteiger charge is 2.15. The Bertz CT molecular complexity index is 327. The first-order chi connectivity index (χ1) is 7.31. The lowest BCUT2D eigenvalue weighted by Gasteiger charge is -2.23. The number of rotatable bonds is 2. The van der Waals surface area contributed by atoms with Crippen molar-refractivity contribution in [3.63, 3.8) is 0 Å². The van der Waals surface area contributed by atoms with Gasteiger partial charge in [-0.2, -0.15) is 0 Å². The molecule has 0 radical (unpaired) electrons. The smallest absolute Gasteiger partial charge is 0.0370 e. The van der Waals surface area contributed by atoms with Gasteiger partial charge >= 0.3 is 0 Å². The summed E-state index contributed by atoms with van der Waals surface area (Å²) in [6.07, 6.45) is 2.54. The third-order valence-corrected chi connectivity index (χ3v) is 3.34. The van der Waals surface area contributed by atoms with E-state index in [1.165, 1.54) is 29.7 Å². The van der Waals surface area contributed by atoms with Crippen molar-refractivity contribution in [1.82, 2.24) is 5.32 Å². The molecule has 1 heterocycles. The molecule has 0 aliphatic carbocycles. The summed E-state index contributed by atoms with van der Waals surface area (Å²) in [7, 11) is 1.99. The van der Waals surface area contributed by atoms with E-state index in [1.54, 1.807) is 0 Å². The average molecular weight is 204 g/mol. The molecule has 0 saturated carbocycles. The van der Waals surface area contributed by atoms with E-state index in [1.807, 2.05) is 7.05 Å². The lowest BCUT2D eigenvalue weighted by molar-refractivity contribution is 0.460. The summed E-state index contributed by atoms with van der Waals surface area (Å²) in [6, 6.07) is 6.82. The van der Waals surface area contributed by atoms with Gasteiger partial charge in [-0.15, -0.1) is 0 Å². The Labute approximate surface area is 92.1 Å². The Morgan fingerprint density at radius 1 is 1.27 bits per heavy atom. The summed E-state index contributed by atoms with van der Waals surface area (Å²) >= 11 is 0. The Morgan fingerprint density at radius 3 is 2.67 bits per heavy atom. The molecule has 2 rings (SSSR count). The molecule has 0 spiro atoms. The third-order valence-electron chi connectivity index (χ3n) is 3.34. The van der Waals surface area contributed by atoms with Crippen molar-refractivity contribution in [2.24, 2.45) is 0 Å². The Morgan fingerprint density at radius 2 is 2.00 bits per heavy atom. The fraction of sp³-hybridized carbons (Fsp3) is 0.538. The van der Waals surface area contributed by atoms with E-state index >= 15 is 0 Å². The van der Waals surface area contributed by atoms with Gasteiger partial charge in [0.05, 0.1) is 0 Å². The van der Waals surface area contributed by atoms with E-state index < -0.39 is 0 Å². The van der Waals surface area contributed by atoms with Crippen LogP contribution in [0.5, 0.6) is 0 Å². The van der Waals surface area contributed by atoms with Crippen LogP contribution < -0.4 is 10.6 Å². The van der Waals surface area contributed by atoms with Crippen LogP contribution in [-0.2, 0) is 0 Å². The maximum absolute atomic E-state index is 3.41. The second kappa shape index (κ2) is 4.67. The molecule has 1 aromatic rings. The minimum atomic E-state index is 0.749. The molecule has 0 aromatic heterocycles. The molecule has 1 aliphatic heterocycles. The fourth-order valence-corrected chi connectivity index (χ4v) is 2.32. The predicted octanol–water partition coefficient (Wildman–Crippen LogP) is 2.50.